The van der Waals surface area contributed by atoms with Gasteiger partial charge in [0.25, 0.3) is 5.56 Å². The van der Waals surface area contributed by atoms with Crippen LogP contribution in [0.4, 0.5) is 9.59 Å². The van der Waals surface area contributed by atoms with Crippen molar-refractivity contribution >= 4 is 24.1 Å². The maximum atomic E-state index is 13.5. The van der Waals surface area contributed by atoms with Crippen molar-refractivity contribution in [1.29, 1.82) is 0 Å². The highest BCUT2D eigenvalue weighted by atomic mass is 16.6. The fourth-order valence-corrected chi connectivity index (χ4v) is 4.70. The molecule has 0 spiro atoms. The first-order valence-electron chi connectivity index (χ1n) is 14.2. The molecule has 13 heteroatoms. The quantitative estimate of drug-likeness (QED) is 0.304. The van der Waals surface area contributed by atoms with Crippen LogP contribution in [-0.4, -0.2) is 76.2 Å². The second-order valence-electron chi connectivity index (χ2n) is 11.6. The Morgan fingerprint density at radius 2 is 1.60 bits per heavy atom. The molecule has 2 heterocycles. The highest BCUT2D eigenvalue weighted by Gasteiger charge is 2.47. The Morgan fingerprint density at radius 3 is 2.22 bits per heavy atom. The number of benzene rings is 2. The Balaban J connectivity index is 1.75. The average molecular weight is 621 g/mol. The van der Waals surface area contributed by atoms with Crippen molar-refractivity contribution in [1.82, 2.24) is 19.8 Å². The topological polar surface area (TPSA) is 157 Å². The van der Waals surface area contributed by atoms with Crippen LogP contribution in [0.5, 0.6) is 5.75 Å². The number of methoxy groups -OCH3 is 1. The van der Waals surface area contributed by atoms with Crippen molar-refractivity contribution in [2.24, 2.45) is 0 Å². The molecule has 2 aromatic carbocycles. The Bertz CT molecular complexity index is 1600. The highest BCUT2D eigenvalue weighted by Crippen LogP contribution is 2.32. The molecule has 1 aliphatic heterocycles. The summed E-state index contributed by atoms with van der Waals surface area (Å²) >= 11 is 0. The summed E-state index contributed by atoms with van der Waals surface area (Å²) in [5.74, 6) is -2.16. The van der Waals surface area contributed by atoms with Crippen LogP contribution in [0.3, 0.4) is 0 Å². The zero-order valence-electron chi connectivity index (χ0n) is 25.8. The number of aromatic nitrogens is 2. The second kappa shape index (κ2) is 13.6. The lowest BCUT2D eigenvalue weighted by Crippen LogP contribution is -2.63. The molecule has 0 saturated carbocycles. The third-order valence-electron chi connectivity index (χ3n) is 6.97. The SMILES string of the molecule is COC(=O)Cc1nc(C2(C)CN(C(=O)OC(C)(C)C)CCN2C(=O)OCc2ccccc2)[nH]c(=O)c1OC(=O)c1ccccc1. The largest absolute Gasteiger partial charge is 0.469 e. The van der Waals surface area contributed by atoms with E-state index in [1.807, 2.05) is 18.2 Å². The molecule has 0 bridgehead atoms. The number of nitrogens with one attached hydrogen (secondary N) is 1. The Kier molecular flexibility index (Phi) is 9.90. The molecule has 3 aromatic rings. The number of carbonyl (C=O) groups excluding carboxylic acids is 4. The van der Waals surface area contributed by atoms with Gasteiger partial charge in [-0.2, -0.15) is 0 Å². The van der Waals surface area contributed by atoms with E-state index >= 15 is 0 Å². The van der Waals surface area contributed by atoms with Gasteiger partial charge in [-0.3, -0.25) is 14.5 Å². The monoisotopic (exact) mass is 620 g/mol. The number of rotatable bonds is 7. The van der Waals surface area contributed by atoms with Gasteiger partial charge in [0.2, 0.25) is 5.75 Å². The summed E-state index contributed by atoms with van der Waals surface area (Å²) in [4.78, 5) is 75.2. The van der Waals surface area contributed by atoms with Gasteiger partial charge >= 0.3 is 24.1 Å². The van der Waals surface area contributed by atoms with Gasteiger partial charge < -0.3 is 28.8 Å². The molecule has 1 aromatic heterocycles. The van der Waals surface area contributed by atoms with Crippen molar-refractivity contribution in [2.75, 3.05) is 26.7 Å². The van der Waals surface area contributed by atoms with Gasteiger partial charge in [-0.1, -0.05) is 48.5 Å². The summed E-state index contributed by atoms with van der Waals surface area (Å²) in [5, 5.41) is 0. The Morgan fingerprint density at radius 1 is 0.956 bits per heavy atom. The van der Waals surface area contributed by atoms with Gasteiger partial charge in [0, 0.05) is 13.1 Å². The van der Waals surface area contributed by atoms with E-state index in [9.17, 15) is 24.0 Å². The minimum atomic E-state index is -1.48. The lowest BCUT2D eigenvalue weighted by Gasteiger charge is -2.47. The van der Waals surface area contributed by atoms with Crippen LogP contribution in [0.1, 0.15) is 55.1 Å². The van der Waals surface area contributed by atoms with Crippen LogP contribution in [0, 0.1) is 0 Å². The number of carbonyl (C=O) groups is 4. The lowest BCUT2D eigenvalue weighted by atomic mass is 9.95. The van der Waals surface area contributed by atoms with E-state index in [-0.39, 0.29) is 43.3 Å². The van der Waals surface area contributed by atoms with E-state index in [1.54, 1.807) is 58.0 Å². The average Bonchev–Trinajstić information content (AvgIpc) is 3.01. The summed E-state index contributed by atoms with van der Waals surface area (Å²) in [6.45, 7) is 6.74. The number of nitrogens with zero attached hydrogens (tertiary/aromatic N) is 3. The molecule has 1 unspecified atom stereocenters. The molecule has 4 rings (SSSR count). The molecule has 1 saturated heterocycles. The van der Waals surface area contributed by atoms with Crippen LogP contribution in [-0.2, 0) is 37.6 Å². The normalized spacial score (nSPS) is 16.5. The van der Waals surface area contributed by atoms with Crippen LogP contribution in [0.25, 0.3) is 0 Å². The summed E-state index contributed by atoms with van der Waals surface area (Å²) in [5.41, 5.74) is -2.41. The predicted octanol–water partition coefficient (Wildman–Crippen LogP) is 3.81. The molecule has 1 N–H and O–H groups in total. The molecule has 45 heavy (non-hydrogen) atoms. The van der Waals surface area contributed by atoms with Crippen molar-refractivity contribution in [3.05, 3.63) is 93.7 Å². The minimum absolute atomic E-state index is 0.00412. The molecular weight excluding hydrogens is 584 g/mol. The molecule has 238 valence electrons. The van der Waals surface area contributed by atoms with Gasteiger partial charge in [-0.25, -0.2) is 19.4 Å². The molecular formula is C32H36N4O9. The summed E-state index contributed by atoms with van der Waals surface area (Å²) in [6, 6.07) is 17.1. The highest BCUT2D eigenvalue weighted by molar-refractivity contribution is 5.91. The van der Waals surface area contributed by atoms with Gasteiger partial charge in [-0.15, -0.1) is 0 Å². The zero-order valence-corrected chi connectivity index (χ0v) is 25.8. The van der Waals surface area contributed by atoms with E-state index in [1.165, 1.54) is 21.9 Å². The molecule has 1 fully saturated rings. The Hall–Kier alpha value is -5.20. The Labute approximate surface area is 260 Å². The van der Waals surface area contributed by atoms with Gasteiger partial charge in [0.05, 0.1) is 25.6 Å². The van der Waals surface area contributed by atoms with Crippen LogP contribution in [0.2, 0.25) is 0 Å². The number of H-pyrrole nitrogens is 1. The zero-order chi connectivity index (χ0) is 32.8. The molecule has 2 amide bonds. The van der Waals surface area contributed by atoms with Crippen LogP contribution in [0.15, 0.2) is 65.5 Å². The summed E-state index contributed by atoms with van der Waals surface area (Å²) < 4.78 is 21.4. The fourth-order valence-electron chi connectivity index (χ4n) is 4.70. The van der Waals surface area contributed by atoms with Crippen molar-refractivity contribution in [3.8, 4) is 5.75 Å². The van der Waals surface area contributed by atoms with Gasteiger partial charge in [-0.05, 0) is 45.4 Å². The predicted molar refractivity (Wildman–Crippen MR) is 160 cm³/mol. The summed E-state index contributed by atoms with van der Waals surface area (Å²) in [6.07, 6.45) is -1.87. The molecule has 1 atom stereocenters. The van der Waals surface area contributed by atoms with E-state index in [2.05, 4.69) is 9.97 Å². The first kappa shape index (κ1) is 32.7. The number of hydrogen-bond donors (Lipinski definition) is 1. The smallest absolute Gasteiger partial charge is 0.411 e. The summed E-state index contributed by atoms with van der Waals surface area (Å²) in [7, 11) is 1.16. The first-order chi connectivity index (χ1) is 21.3. The van der Waals surface area contributed by atoms with Crippen LogP contribution >= 0.6 is 0 Å². The van der Waals surface area contributed by atoms with E-state index < -0.39 is 53.0 Å². The lowest BCUT2D eigenvalue weighted by molar-refractivity contribution is -0.139. The number of amides is 2. The van der Waals surface area contributed by atoms with E-state index in [0.29, 0.717) is 0 Å². The maximum absolute atomic E-state index is 13.5. The number of ether oxygens (including phenoxy) is 4. The standard InChI is InChI=1S/C32H36N4O9/c1-31(2,3)45-29(40)35-16-17-36(30(41)43-19-21-12-8-6-9-13-21)32(4,20-35)28-33-23(18-24(37)42-5)25(26(38)34-28)44-27(39)22-14-10-7-11-15-22/h6-15H,16-20H2,1-5H3,(H,33,34,38). The van der Waals surface area contributed by atoms with Gasteiger partial charge in [0.1, 0.15) is 29.3 Å². The van der Waals surface area contributed by atoms with Crippen molar-refractivity contribution in [3.63, 3.8) is 0 Å². The molecule has 0 radical (unpaired) electrons. The van der Waals surface area contributed by atoms with Gasteiger partial charge in [0.15, 0.2) is 0 Å². The molecule has 0 aliphatic carbocycles. The maximum Gasteiger partial charge on any atom is 0.411 e. The number of aromatic amines is 1. The molecule has 1 aliphatic rings. The fraction of sp³-hybridized carbons (Fsp3) is 0.375. The number of esters is 2. The molecule has 13 nitrogen and oxygen atoms in total. The number of piperazine rings is 1. The van der Waals surface area contributed by atoms with Crippen LogP contribution < -0.4 is 10.3 Å². The third-order valence-corrected chi connectivity index (χ3v) is 6.97. The van der Waals surface area contributed by atoms with Crippen molar-refractivity contribution < 1.29 is 38.1 Å². The first-order valence-corrected chi connectivity index (χ1v) is 14.2. The number of hydrogen-bond acceptors (Lipinski definition) is 10. The van der Waals surface area contributed by atoms with Crippen molar-refractivity contribution in [2.45, 2.75) is 51.9 Å². The second-order valence-corrected chi connectivity index (χ2v) is 11.6. The third kappa shape index (κ3) is 8.05. The van der Waals surface area contributed by atoms with E-state index in [0.717, 1.165) is 12.7 Å². The minimum Gasteiger partial charge on any atom is -0.469 e. The van der Waals surface area contributed by atoms with E-state index in [4.69, 9.17) is 18.9 Å².